The van der Waals surface area contributed by atoms with E-state index in [-0.39, 0.29) is 5.91 Å². The molecule has 1 aromatic carbocycles. The van der Waals surface area contributed by atoms with Crippen molar-refractivity contribution < 1.29 is 4.79 Å². The Morgan fingerprint density at radius 1 is 1.04 bits per heavy atom. The van der Waals surface area contributed by atoms with Gasteiger partial charge in [-0.2, -0.15) is 0 Å². The van der Waals surface area contributed by atoms with E-state index in [0.29, 0.717) is 5.41 Å². The number of benzene rings is 1. The molecule has 4 nitrogen and oxygen atoms in total. The normalized spacial score (nSPS) is 21.4. The molecule has 134 valence electrons. The molecule has 2 heterocycles. The van der Waals surface area contributed by atoms with E-state index in [1.165, 1.54) is 0 Å². The average molecular weight is 339 g/mol. The molecule has 0 aromatic heterocycles. The fourth-order valence-electron chi connectivity index (χ4n) is 3.68. The van der Waals surface area contributed by atoms with Gasteiger partial charge in [0.25, 0.3) is 5.91 Å². The molecule has 1 aromatic rings. The molecule has 1 amide bonds. The standard InChI is InChI=1S/C21H29N3O/c1-21(18-23-16-14-22(2)15-17-23)10-12-24(13-11-21)20(25)9-8-19-6-4-3-5-7-19/h3-7H,10-18H2,1-2H3. The van der Waals surface area contributed by atoms with Gasteiger partial charge in [0.15, 0.2) is 0 Å². The number of amides is 1. The molecule has 0 N–H and O–H groups in total. The van der Waals surface area contributed by atoms with Gasteiger partial charge in [0.1, 0.15) is 0 Å². The van der Waals surface area contributed by atoms with Gasteiger partial charge in [-0.1, -0.05) is 31.0 Å². The summed E-state index contributed by atoms with van der Waals surface area (Å²) in [6, 6.07) is 9.71. The second-order valence-corrected chi connectivity index (χ2v) is 7.80. The minimum atomic E-state index is -0.0366. The second kappa shape index (κ2) is 8.03. The molecule has 0 saturated carbocycles. The predicted octanol–water partition coefficient (Wildman–Crippen LogP) is 1.91. The number of rotatable bonds is 2. The summed E-state index contributed by atoms with van der Waals surface area (Å²) in [6.07, 6.45) is 2.14. The number of piperidine rings is 1. The van der Waals surface area contributed by atoms with Crippen molar-refractivity contribution >= 4 is 5.91 Å². The van der Waals surface area contributed by atoms with Crippen LogP contribution in [0.15, 0.2) is 30.3 Å². The van der Waals surface area contributed by atoms with E-state index in [9.17, 15) is 4.79 Å². The number of nitrogens with zero attached hydrogens (tertiary/aromatic N) is 3. The zero-order chi connectivity index (χ0) is 17.7. The van der Waals surface area contributed by atoms with Gasteiger partial charge < -0.3 is 14.7 Å². The van der Waals surface area contributed by atoms with Gasteiger partial charge in [-0.05, 0) is 37.4 Å². The minimum Gasteiger partial charge on any atom is -0.332 e. The Morgan fingerprint density at radius 3 is 2.32 bits per heavy atom. The van der Waals surface area contributed by atoms with Crippen LogP contribution in [0, 0.1) is 17.3 Å². The van der Waals surface area contributed by atoms with Crippen LogP contribution < -0.4 is 0 Å². The van der Waals surface area contributed by atoms with Crippen molar-refractivity contribution in [2.45, 2.75) is 19.8 Å². The Bertz CT molecular complexity index is 630. The van der Waals surface area contributed by atoms with Crippen molar-refractivity contribution in [1.82, 2.24) is 14.7 Å². The maximum atomic E-state index is 12.3. The quantitative estimate of drug-likeness (QED) is 0.770. The van der Waals surface area contributed by atoms with Gasteiger partial charge in [0, 0.05) is 57.3 Å². The maximum absolute atomic E-state index is 12.3. The highest BCUT2D eigenvalue weighted by atomic mass is 16.2. The lowest BCUT2D eigenvalue weighted by Gasteiger charge is -2.43. The number of carbonyl (C=O) groups excluding carboxylic acids is 1. The Labute approximate surface area is 151 Å². The molecule has 2 fully saturated rings. The van der Waals surface area contributed by atoms with E-state index < -0.39 is 0 Å². The third-order valence-electron chi connectivity index (χ3n) is 5.55. The first kappa shape index (κ1) is 18.0. The zero-order valence-electron chi connectivity index (χ0n) is 15.5. The van der Waals surface area contributed by atoms with Crippen molar-refractivity contribution in [1.29, 1.82) is 0 Å². The second-order valence-electron chi connectivity index (χ2n) is 7.80. The number of carbonyl (C=O) groups is 1. The highest BCUT2D eigenvalue weighted by molar-refractivity contribution is 5.94. The fraction of sp³-hybridized carbons (Fsp3) is 0.571. The molecule has 2 saturated heterocycles. The number of hydrogen-bond acceptors (Lipinski definition) is 3. The van der Waals surface area contributed by atoms with Crippen molar-refractivity contribution in [2.75, 3.05) is 52.9 Å². The summed E-state index contributed by atoms with van der Waals surface area (Å²) in [4.78, 5) is 19.2. The molecule has 2 aliphatic rings. The van der Waals surface area contributed by atoms with Gasteiger partial charge in [-0.25, -0.2) is 0 Å². The van der Waals surface area contributed by atoms with E-state index >= 15 is 0 Å². The van der Waals surface area contributed by atoms with Gasteiger partial charge in [0.2, 0.25) is 0 Å². The summed E-state index contributed by atoms with van der Waals surface area (Å²) in [6.45, 7) is 9.83. The van der Waals surface area contributed by atoms with Crippen molar-refractivity contribution in [3.63, 3.8) is 0 Å². The first-order valence-corrected chi connectivity index (χ1v) is 9.31. The lowest BCUT2D eigenvalue weighted by Crippen LogP contribution is -2.51. The Kier molecular flexibility index (Phi) is 5.78. The van der Waals surface area contributed by atoms with E-state index in [2.05, 4.69) is 35.6 Å². The predicted molar refractivity (Wildman–Crippen MR) is 101 cm³/mol. The summed E-state index contributed by atoms with van der Waals surface area (Å²) >= 11 is 0. The molecule has 0 aliphatic carbocycles. The molecular weight excluding hydrogens is 310 g/mol. The lowest BCUT2D eigenvalue weighted by molar-refractivity contribution is -0.127. The highest BCUT2D eigenvalue weighted by Crippen LogP contribution is 2.32. The van der Waals surface area contributed by atoms with Gasteiger partial charge >= 0.3 is 0 Å². The van der Waals surface area contributed by atoms with Crippen LogP contribution in [-0.2, 0) is 4.79 Å². The van der Waals surface area contributed by atoms with Gasteiger partial charge in [-0.3, -0.25) is 4.79 Å². The number of likely N-dealkylation sites (N-methyl/N-ethyl adjacent to an activating group) is 1. The monoisotopic (exact) mass is 339 g/mol. The van der Waals surface area contributed by atoms with Crippen LogP contribution in [0.25, 0.3) is 0 Å². The van der Waals surface area contributed by atoms with Crippen LogP contribution in [0.2, 0.25) is 0 Å². The molecular formula is C21H29N3O. The summed E-state index contributed by atoms with van der Waals surface area (Å²) in [5, 5.41) is 0. The van der Waals surface area contributed by atoms with Gasteiger partial charge in [-0.15, -0.1) is 0 Å². The van der Waals surface area contributed by atoms with Crippen LogP contribution >= 0.6 is 0 Å². The molecule has 0 spiro atoms. The Hall–Kier alpha value is -1.83. The molecule has 4 heteroatoms. The van der Waals surface area contributed by atoms with Crippen molar-refractivity contribution in [3.05, 3.63) is 35.9 Å². The van der Waals surface area contributed by atoms with E-state index in [4.69, 9.17) is 0 Å². The summed E-state index contributed by atoms with van der Waals surface area (Å²) in [5.41, 5.74) is 1.22. The zero-order valence-corrected chi connectivity index (χ0v) is 15.5. The number of hydrogen-bond donors (Lipinski definition) is 0. The smallest absolute Gasteiger partial charge is 0.298 e. The fourth-order valence-corrected chi connectivity index (χ4v) is 3.68. The van der Waals surface area contributed by atoms with Crippen LogP contribution in [0.3, 0.4) is 0 Å². The first-order chi connectivity index (χ1) is 12.0. The number of piperazine rings is 1. The van der Waals surface area contributed by atoms with Crippen LogP contribution in [0.1, 0.15) is 25.3 Å². The molecule has 0 atom stereocenters. The third-order valence-corrected chi connectivity index (χ3v) is 5.55. The van der Waals surface area contributed by atoms with E-state index in [0.717, 1.165) is 64.2 Å². The molecule has 2 aliphatic heterocycles. The topological polar surface area (TPSA) is 26.8 Å². The molecule has 0 unspecified atom stereocenters. The van der Waals surface area contributed by atoms with Crippen molar-refractivity contribution in [3.8, 4) is 11.8 Å². The lowest BCUT2D eigenvalue weighted by atomic mass is 9.79. The van der Waals surface area contributed by atoms with E-state index in [1.54, 1.807) is 0 Å². The molecule has 3 rings (SSSR count). The number of likely N-dealkylation sites (tertiary alicyclic amines) is 1. The summed E-state index contributed by atoms with van der Waals surface area (Å²) < 4.78 is 0. The minimum absolute atomic E-state index is 0.0366. The Balaban J connectivity index is 1.49. The summed E-state index contributed by atoms with van der Waals surface area (Å²) in [7, 11) is 2.19. The Morgan fingerprint density at radius 2 is 1.68 bits per heavy atom. The SMILES string of the molecule is CN1CCN(CC2(C)CCN(C(=O)C#Cc3ccccc3)CC2)CC1. The van der Waals surface area contributed by atoms with Gasteiger partial charge in [0.05, 0.1) is 0 Å². The molecule has 0 radical (unpaired) electrons. The first-order valence-electron chi connectivity index (χ1n) is 9.31. The molecule has 25 heavy (non-hydrogen) atoms. The molecule has 0 bridgehead atoms. The maximum Gasteiger partial charge on any atom is 0.298 e. The summed E-state index contributed by atoms with van der Waals surface area (Å²) in [5.74, 6) is 5.74. The van der Waals surface area contributed by atoms with Crippen LogP contribution in [-0.4, -0.2) is 73.5 Å². The van der Waals surface area contributed by atoms with Crippen molar-refractivity contribution in [2.24, 2.45) is 5.41 Å². The largest absolute Gasteiger partial charge is 0.332 e. The van der Waals surface area contributed by atoms with E-state index in [1.807, 2.05) is 35.2 Å². The third kappa shape index (κ3) is 5.07. The van der Waals surface area contributed by atoms with Crippen LogP contribution in [0.4, 0.5) is 0 Å². The van der Waals surface area contributed by atoms with Crippen LogP contribution in [0.5, 0.6) is 0 Å². The average Bonchev–Trinajstić information content (AvgIpc) is 2.63. The highest BCUT2D eigenvalue weighted by Gasteiger charge is 2.33.